The Morgan fingerprint density at radius 1 is 1.62 bits per heavy atom. The summed E-state index contributed by atoms with van der Waals surface area (Å²) in [5.74, 6) is -0.438. The summed E-state index contributed by atoms with van der Waals surface area (Å²) in [4.78, 5) is 9.81. The Morgan fingerprint density at radius 2 is 2.00 bits per heavy atom. The predicted molar refractivity (Wildman–Crippen MR) is 27.1 cm³/mol. The van der Waals surface area contributed by atoms with E-state index in [1.54, 1.807) is 0 Å². The molecule has 0 atom stereocenters. The Labute approximate surface area is 59.5 Å². The molecule has 0 aliphatic heterocycles. The zero-order valence-electron chi connectivity index (χ0n) is 4.97. The van der Waals surface area contributed by atoms with E-state index in [9.17, 15) is 4.79 Å². The van der Waals surface area contributed by atoms with Gasteiger partial charge in [0.05, 0.1) is 0 Å². The molecule has 1 N–H and O–H groups in total. The van der Waals surface area contributed by atoms with Crippen LogP contribution in [0.25, 0.3) is 0 Å². The number of hydrogen-bond acceptors (Lipinski definition) is 1. The molecule has 0 saturated heterocycles. The van der Waals surface area contributed by atoms with Crippen molar-refractivity contribution in [3.05, 3.63) is 0 Å². The van der Waals surface area contributed by atoms with Crippen LogP contribution in [0.1, 0.15) is 20.3 Å². The van der Waals surface area contributed by atoms with Gasteiger partial charge in [-0.25, -0.2) is 0 Å². The summed E-state index contributed by atoms with van der Waals surface area (Å²) in [5, 5.41) is 8.08. The molecule has 0 rings (SSSR count). The van der Waals surface area contributed by atoms with Gasteiger partial charge in [-0.15, -0.1) is 0 Å². The largest absolute Gasteiger partial charge is 0.481 e. The monoisotopic (exact) mass is 161 g/mol. The van der Waals surface area contributed by atoms with Crippen molar-refractivity contribution in [2.24, 2.45) is 5.92 Å². The van der Waals surface area contributed by atoms with E-state index < -0.39 is 5.97 Å². The standard InChI is InChI=1S/C5H10O2.Co/c1-4(2)3-5(6)7;/h4H,3H2,1-2H3,(H,6,7);. The molecule has 0 amide bonds. The van der Waals surface area contributed by atoms with Gasteiger partial charge >= 0.3 is 5.97 Å². The third-order valence-electron chi connectivity index (χ3n) is 0.583. The van der Waals surface area contributed by atoms with Gasteiger partial charge < -0.3 is 5.11 Å². The Kier molecular flexibility index (Phi) is 6.96. The molecule has 0 spiro atoms. The first-order chi connectivity index (χ1) is 3.13. The Bertz CT molecular complexity index is 70.8. The Hall–Kier alpha value is -0.0235. The summed E-state index contributed by atoms with van der Waals surface area (Å²) in [6.45, 7) is 3.77. The summed E-state index contributed by atoms with van der Waals surface area (Å²) < 4.78 is 0. The van der Waals surface area contributed by atoms with Gasteiger partial charge in [0.2, 0.25) is 0 Å². The second-order valence-electron chi connectivity index (χ2n) is 1.99. The molecular weight excluding hydrogens is 151 g/mol. The molecule has 0 aliphatic carbocycles. The molecule has 3 heteroatoms. The van der Waals surface area contributed by atoms with Gasteiger partial charge in [-0.05, 0) is 5.92 Å². The van der Waals surface area contributed by atoms with Gasteiger partial charge in [0.15, 0.2) is 0 Å². The van der Waals surface area contributed by atoms with Crippen LogP contribution in [-0.2, 0) is 21.6 Å². The number of carboxylic acids is 1. The van der Waals surface area contributed by atoms with Crippen LogP contribution in [0.15, 0.2) is 0 Å². The predicted octanol–water partition coefficient (Wildman–Crippen LogP) is 1.11. The van der Waals surface area contributed by atoms with E-state index in [2.05, 4.69) is 0 Å². The summed E-state index contributed by atoms with van der Waals surface area (Å²) in [5.41, 5.74) is 0. The first-order valence-corrected chi connectivity index (χ1v) is 2.34. The maximum Gasteiger partial charge on any atom is 0.303 e. The van der Waals surface area contributed by atoms with E-state index in [0.29, 0.717) is 0 Å². The van der Waals surface area contributed by atoms with Crippen molar-refractivity contribution in [3.8, 4) is 0 Å². The van der Waals surface area contributed by atoms with Crippen molar-refractivity contribution >= 4 is 5.97 Å². The molecule has 8 heavy (non-hydrogen) atoms. The van der Waals surface area contributed by atoms with E-state index in [0.717, 1.165) is 0 Å². The zero-order chi connectivity index (χ0) is 5.86. The van der Waals surface area contributed by atoms with Crippen LogP contribution < -0.4 is 0 Å². The van der Waals surface area contributed by atoms with E-state index >= 15 is 0 Å². The number of rotatable bonds is 2. The first-order valence-electron chi connectivity index (χ1n) is 2.34. The van der Waals surface area contributed by atoms with E-state index in [1.807, 2.05) is 13.8 Å². The van der Waals surface area contributed by atoms with Crippen molar-refractivity contribution in [2.45, 2.75) is 20.3 Å². The van der Waals surface area contributed by atoms with Crippen molar-refractivity contribution in [1.82, 2.24) is 0 Å². The summed E-state index contributed by atoms with van der Waals surface area (Å²) in [6.07, 6.45) is 0.278. The average Bonchev–Trinajstić information content (AvgIpc) is 1.27. The summed E-state index contributed by atoms with van der Waals surface area (Å²) >= 11 is 0. The zero-order valence-corrected chi connectivity index (χ0v) is 6.01. The molecule has 0 saturated carbocycles. The van der Waals surface area contributed by atoms with Gasteiger partial charge in [-0.2, -0.15) is 0 Å². The molecule has 0 fully saturated rings. The van der Waals surface area contributed by atoms with Crippen molar-refractivity contribution in [3.63, 3.8) is 0 Å². The smallest absolute Gasteiger partial charge is 0.303 e. The van der Waals surface area contributed by atoms with Crippen LogP contribution in [-0.4, -0.2) is 11.1 Å². The van der Waals surface area contributed by atoms with Gasteiger partial charge in [-0.1, -0.05) is 13.8 Å². The first kappa shape index (κ1) is 10.9. The third-order valence-corrected chi connectivity index (χ3v) is 0.583. The fraction of sp³-hybridized carbons (Fsp3) is 0.800. The van der Waals surface area contributed by atoms with Crippen molar-refractivity contribution in [1.29, 1.82) is 0 Å². The minimum atomic E-state index is -0.713. The van der Waals surface area contributed by atoms with E-state index in [4.69, 9.17) is 5.11 Å². The Morgan fingerprint density at radius 3 is 2.00 bits per heavy atom. The number of aliphatic carboxylic acids is 1. The Balaban J connectivity index is 0. The molecule has 0 aromatic carbocycles. The minimum Gasteiger partial charge on any atom is -0.481 e. The van der Waals surface area contributed by atoms with Crippen LogP contribution in [0.2, 0.25) is 0 Å². The molecule has 2 nitrogen and oxygen atoms in total. The molecule has 0 heterocycles. The summed E-state index contributed by atoms with van der Waals surface area (Å²) in [6, 6.07) is 0. The van der Waals surface area contributed by atoms with Gasteiger partial charge in [0.1, 0.15) is 0 Å². The maximum atomic E-state index is 9.81. The molecular formula is C5H10CoO2. The van der Waals surface area contributed by atoms with Crippen LogP contribution in [0.4, 0.5) is 0 Å². The number of carbonyl (C=O) groups is 1. The van der Waals surface area contributed by atoms with Crippen LogP contribution >= 0.6 is 0 Å². The van der Waals surface area contributed by atoms with Gasteiger partial charge in [0.25, 0.3) is 0 Å². The number of carboxylic acid groups (broad SMARTS) is 1. The fourth-order valence-electron chi connectivity index (χ4n) is 0.349. The minimum absolute atomic E-state index is 0. The van der Waals surface area contributed by atoms with Crippen molar-refractivity contribution in [2.75, 3.05) is 0 Å². The maximum absolute atomic E-state index is 9.81. The molecule has 0 unspecified atom stereocenters. The molecule has 51 valence electrons. The normalized spacial score (nSPS) is 8.38. The molecule has 0 aromatic heterocycles. The second-order valence-corrected chi connectivity index (χ2v) is 1.99. The SMILES string of the molecule is CC(C)CC(=O)O.[Co]. The second kappa shape index (κ2) is 5.12. The van der Waals surface area contributed by atoms with Gasteiger partial charge in [-0.3, -0.25) is 4.79 Å². The fourth-order valence-corrected chi connectivity index (χ4v) is 0.349. The third kappa shape index (κ3) is 9.36. The average molecular weight is 161 g/mol. The molecule has 1 radical (unpaired) electrons. The topological polar surface area (TPSA) is 37.3 Å². The van der Waals surface area contributed by atoms with E-state index in [-0.39, 0.29) is 29.1 Å². The van der Waals surface area contributed by atoms with Crippen LogP contribution in [0.5, 0.6) is 0 Å². The molecule has 0 aromatic rings. The summed E-state index contributed by atoms with van der Waals surface area (Å²) in [7, 11) is 0. The van der Waals surface area contributed by atoms with Crippen LogP contribution in [0, 0.1) is 5.92 Å². The molecule has 0 aliphatic rings. The van der Waals surface area contributed by atoms with Crippen molar-refractivity contribution < 1.29 is 26.7 Å². The molecule has 0 bridgehead atoms. The van der Waals surface area contributed by atoms with Crippen LogP contribution in [0.3, 0.4) is 0 Å². The van der Waals surface area contributed by atoms with E-state index in [1.165, 1.54) is 0 Å². The number of hydrogen-bond donors (Lipinski definition) is 1. The van der Waals surface area contributed by atoms with Gasteiger partial charge in [0, 0.05) is 23.2 Å². The quantitative estimate of drug-likeness (QED) is 0.658.